The zero-order valence-electron chi connectivity index (χ0n) is 13.0. The lowest BCUT2D eigenvalue weighted by Gasteiger charge is -2.14. The average molecular weight is 320 g/mol. The Balaban J connectivity index is 2.48. The predicted molar refractivity (Wildman–Crippen MR) is 89.9 cm³/mol. The van der Waals surface area contributed by atoms with E-state index in [1.54, 1.807) is 13.2 Å². The Labute approximate surface area is 132 Å². The third-order valence-corrected chi connectivity index (χ3v) is 3.99. The number of carbonyl (C=O) groups is 1. The van der Waals surface area contributed by atoms with Crippen molar-refractivity contribution in [1.82, 2.24) is 4.98 Å². The van der Waals surface area contributed by atoms with Crippen LogP contribution < -0.4 is 5.32 Å². The second kappa shape index (κ2) is 7.35. The molecular weight excluding hydrogens is 300 g/mol. The van der Waals surface area contributed by atoms with Gasteiger partial charge in [-0.2, -0.15) is 0 Å². The van der Waals surface area contributed by atoms with Gasteiger partial charge in [0.15, 0.2) is 0 Å². The molecule has 2 aromatic rings. The summed E-state index contributed by atoms with van der Waals surface area (Å²) in [7, 11) is -0.892. The van der Waals surface area contributed by atoms with Crippen LogP contribution in [-0.4, -0.2) is 40.3 Å². The van der Waals surface area contributed by atoms with Crippen LogP contribution in [0.2, 0.25) is 0 Å². The maximum atomic E-state index is 12.1. The number of ether oxygens (including phenoxy) is 1. The van der Waals surface area contributed by atoms with Crippen molar-refractivity contribution in [2.75, 3.05) is 30.5 Å². The van der Waals surface area contributed by atoms with E-state index >= 15 is 0 Å². The van der Waals surface area contributed by atoms with Crippen molar-refractivity contribution in [1.29, 1.82) is 0 Å². The van der Waals surface area contributed by atoms with E-state index in [0.29, 0.717) is 30.2 Å². The van der Waals surface area contributed by atoms with E-state index in [2.05, 4.69) is 10.3 Å². The number of esters is 1. The molecule has 1 heterocycles. The van der Waals surface area contributed by atoms with Crippen LogP contribution in [0.4, 0.5) is 5.69 Å². The first-order valence-electron chi connectivity index (χ1n) is 7.13. The van der Waals surface area contributed by atoms with E-state index in [0.717, 1.165) is 16.5 Å². The Hall–Kier alpha value is -1.95. The average Bonchev–Trinajstić information content (AvgIpc) is 2.47. The highest BCUT2D eigenvalue weighted by Gasteiger charge is 2.16. The molecule has 0 aliphatic heterocycles. The number of hydrogen-bond acceptors (Lipinski definition) is 5. The molecule has 0 saturated carbocycles. The predicted octanol–water partition coefficient (Wildman–Crippen LogP) is 2.51. The van der Waals surface area contributed by atoms with Crippen LogP contribution in [0.5, 0.6) is 0 Å². The number of anilines is 1. The van der Waals surface area contributed by atoms with Crippen molar-refractivity contribution in [2.45, 2.75) is 13.8 Å². The van der Waals surface area contributed by atoms with Crippen molar-refractivity contribution in [3.63, 3.8) is 0 Å². The first-order chi connectivity index (χ1) is 10.5. The summed E-state index contributed by atoms with van der Waals surface area (Å²) in [5.74, 6) is 0.108. The van der Waals surface area contributed by atoms with Crippen LogP contribution in [0.3, 0.4) is 0 Å². The quantitative estimate of drug-likeness (QED) is 0.828. The molecule has 0 spiro atoms. The molecule has 22 heavy (non-hydrogen) atoms. The van der Waals surface area contributed by atoms with Crippen LogP contribution in [0.1, 0.15) is 22.8 Å². The van der Waals surface area contributed by atoms with Gasteiger partial charge in [-0.05, 0) is 26.0 Å². The van der Waals surface area contributed by atoms with Crippen LogP contribution in [-0.2, 0) is 15.5 Å². The van der Waals surface area contributed by atoms with Crippen molar-refractivity contribution in [3.8, 4) is 0 Å². The minimum absolute atomic E-state index is 0.309. The van der Waals surface area contributed by atoms with Gasteiger partial charge in [0.05, 0.1) is 17.8 Å². The molecule has 0 unspecified atom stereocenters. The molecule has 1 aromatic heterocycles. The summed E-state index contributed by atoms with van der Waals surface area (Å²) >= 11 is 0. The summed E-state index contributed by atoms with van der Waals surface area (Å²) in [5.41, 5.74) is 2.98. The van der Waals surface area contributed by atoms with Gasteiger partial charge in [0.25, 0.3) is 0 Å². The van der Waals surface area contributed by atoms with Gasteiger partial charge in [-0.25, -0.2) is 4.79 Å². The van der Waals surface area contributed by atoms with E-state index < -0.39 is 16.8 Å². The largest absolute Gasteiger partial charge is 0.462 e. The molecule has 0 aliphatic carbocycles. The number of nitrogens with zero attached hydrogens (tertiary/aromatic N) is 1. The van der Waals surface area contributed by atoms with E-state index in [9.17, 15) is 9.00 Å². The second-order valence-electron chi connectivity index (χ2n) is 4.99. The normalized spacial score (nSPS) is 12.1. The number of nitrogens with one attached hydrogen (secondary N) is 1. The first kappa shape index (κ1) is 16.4. The Kier molecular flexibility index (Phi) is 5.49. The monoisotopic (exact) mass is 320 g/mol. The van der Waals surface area contributed by atoms with Crippen LogP contribution in [0, 0.1) is 6.92 Å². The highest BCUT2D eigenvalue weighted by atomic mass is 32.2. The number of fused-ring (bicyclic) bond motifs is 1. The van der Waals surface area contributed by atoms with Crippen molar-refractivity contribution in [2.24, 2.45) is 0 Å². The van der Waals surface area contributed by atoms with Crippen LogP contribution in [0.25, 0.3) is 10.9 Å². The van der Waals surface area contributed by atoms with E-state index in [1.165, 1.54) is 6.20 Å². The zero-order valence-corrected chi connectivity index (χ0v) is 13.8. The first-order valence-corrected chi connectivity index (χ1v) is 8.86. The number of aromatic nitrogens is 1. The van der Waals surface area contributed by atoms with Gasteiger partial charge in [0.2, 0.25) is 0 Å². The molecule has 5 nitrogen and oxygen atoms in total. The van der Waals surface area contributed by atoms with Crippen molar-refractivity contribution in [3.05, 3.63) is 35.5 Å². The number of pyridine rings is 1. The highest BCUT2D eigenvalue weighted by molar-refractivity contribution is 7.84. The summed E-state index contributed by atoms with van der Waals surface area (Å²) in [6.07, 6.45) is 3.18. The van der Waals surface area contributed by atoms with Gasteiger partial charge >= 0.3 is 5.97 Å². The Morgan fingerprint density at radius 3 is 2.86 bits per heavy atom. The molecule has 0 radical (unpaired) electrons. The van der Waals surface area contributed by atoms with E-state index in [4.69, 9.17) is 4.74 Å². The molecule has 0 amide bonds. The van der Waals surface area contributed by atoms with Gasteiger partial charge in [-0.15, -0.1) is 0 Å². The van der Waals surface area contributed by atoms with Gasteiger partial charge < -0.3 is 10.1 Å². The molecule has 0 saturated heterocycles. The van der Waals surface area contributed by atoms with Crippen LogP contribution >= 0.6 is 0 Å². The molecule has 0 fully saturated rings. The van der Waals surface area contributed by atoms with Gasteiger partial charge in [-0.1, -0.05) is 11.6 Å². The van der Waals surface area contributed by atoms with Gasteiger partial charge in [0, 0.05) is 40.9 Å². The fourth-order valence-corrected chi connectivity index (χ4v) is 2.57. The maximum absolute atomic E-state index is 12.1. The molecular formula is C16H20N2O3S. The smallest absolute Gasteiger partial charge is 0.341 e. The summed E-state index contributed by atoms with van der Waals surface area (Å²) in [6, 6.07) is 5.88. The number of hydrogen-bond donors (Lipinski definition) is 1. The standard InChI is InChI=1S/C16H20N2O3S/c1-4-21-16(19)13-10-18-14-6-5-11(2)9-12(14)15(13)17-7-8-22(3)20/h5-6,9-10H,4,7-8H2,1-3H3,(H,17,18)/t22-/m1/s1. The zero-order chi connectivity index (χ0) is 16.1. The highest BCUT2D eigenvalue weighted by Crippen LogP contribution is 2.27. The minimum Gasteiger partial charge on any atom is -0.462 e. The lowest BCUT2D eigenvalue weighted by Crippen LogP contribution is -2.15. The maximum Gasteiger partial charge on any atom is 0.341 e. The summed E-state index contributed by atoms with van der Waals surface area (Å²) in [4.78, 5) is 16.5. The fourth-order valence-electron chi connectivity index (χ4n) is 2.18. The lowest BCUT2D eigenvalue weighted by atomic mass is 10.1. The molecule has 6 heteroatoms. The Morgan fingerprint density at radius 2 is 2.18 bits per heavy atom. The Morgan fingerprint density at radius 1 is 1.41 bits per heavy atom. The molecule has 1 aromatic carbocycles. The van der Waals surface area contributed by atoms with Gasteiger partial charge in [0.1, 0.15) is 5.56 Å². The number of benzene rings is 1. The molecule has 1 atom stereocenters. The van der Waals surface area contributed by atoms with Gasteiger partial charge in [-0.3, -0.25) is 9.19 Å². The van der Waals surface area contributed by atoms with E-state index in [-0.39, 0.29) is 0 Å². The third kappa shape index (κ3) is 3.82. The fraction of sp³-hybridized carbons (Fsp3) is 0.375. The lowest BCUT2D eigenvalue weighted by molar-refractivity contribution is 0.0527. The number of aryl methyl sites for hydroxylation is 1. The molecule has 0 bridgehead atoms. The summed E-state index contributed by atoms with van der Waals surface area (Å²) in [6.45, 7) is 4.58. The number of carbonyl (C=O) groups excluding carboxylic acids is 1. The summed E-state index contributed by atoms with van der Waals surface area (Å²) < 4.78 is 16.3. The van der Waals surface area contributed by atoms with E-state index in [1.807, 2.05) is 25.1 Å². The number of rotatable bonds is 6. The minimum atomic E-state index is -0.892. The SMILES string of the molecule is CCOC(=O)c1cnc2ccc(C)cc2c1NCC[S@@](C)=O. The van der Waals surface area contributed by atoms with Crippen molar-refractivity contribution < 1.29 is 13.7 Å². The molecule has 0 aliphatic rings. The third-order valence-electron chi connectivity index (χ3n) is 3.21. The molecule has 1 N–H and O–H groups in total. The molecule has 118 valence electrons. The topological polar surface area (TPSA) is 68.3 Å². The van der Waals surface area contributed by atoms with Crippen LogP contribution in [0.15, 0.2) is 24.4 Å². The summed E-state index contributed by atoms with van der Waals surface area (Å²) in [5, 5.41) is 4.09. The van der Waals surface area contributed by atoms with Crippen molar-refractivity contribution >= 4 is 33.4 Å². The Bertz CT molecular complexity index is 716. The second-order valence-corrected chi connectivity index (χ2v) is 6.55. The molecule has 2 rings (SSSR count).